The van der Waals surface area contributed by atoms with E-state index in [0.29, 0.717) is 11.8 Å². The van der Waals surface area contributed by atoms with E-state index in [-0.39, 0.29) is 11.9 Å². The van der Waals surface area contributed by atoms with Crippen molar-refractivity contribution in [3.63, 3.8) is 0 Å². The molecule has 0 bridgehead atoms. The molecule has 0 aromatic heterocycles. The van der Waals surface area contributed by atoms with Gasteiger partial charge in [-0.1, -0.05) is 54.8 Å². The highest BCUT2D eigenvalue weighted by molar-refractivity contribution is 6.01. The maximum absolute atomic E-state index is 13.6. The van der Waals surface area contributed by atoms with E-state index in [0.717, 1.165) is 43.6 Å². The number of benzene rings is 2. The predicted molar refractivity (Wildman–Crippen MR) is 128 cm³/mol. The average molecular weight is 415 g/mol. The molecular weight excluding hydrogens is 380 g/mol. The third kappa shape index (κ3) is 3.58. The lowest BCUT2D eigenvalue weighted by Crippen LogP contribution is -2.35. The molecule has 1 amide bonds. The Morgan fingerprint density at radius 3 is 2.42 bits per heavy atom. The molecule has 0 saturated carbocycles. The van der Waals surface area contributed by atoms with Crippen molar-refractivity contribution in [1.82, 2.24) is 4.90 Å². The zero-order valence-corrected chi connectivity index (χ0v) is 19.1. The molecule has 2 aromatic carbocycles. The van der Waals surface area contributed by atoms with E-state index in [1.165, 1.54) is 40.7 Å². The Labute approximate surface area is 186 Å². The van der Waals surface area contributed by atoms with Crippen molar-refractivity contribution >= 4 is 11.6 Å². The van der Waals surface area contributed by atoms with Gasteiger partial charge >= 0.3 is 0 Å². The molecule has 1 fully saturated rings. The molecule has 3 unspecified atom stereocenters. The van der Waals surface area contributed by atoms with Gasteiger partial charge in [0, 0.05) is 19.0 Å². The molecule has 3 aliphatic rings. The summed E-state index contributed by atoms with van der Waals surface area (Å²) in [7, 11) is 0. The van der Waals surface area contributed by atoms with E-state index in [1.54, 1.807) is 0 Å². The highest BCUT2D eigenvalue weighted by Gasteiger charge is 2.40. The summed E-state index contributed by atoms with van der Waals surface area (Å²) in [5.41, 5.74) is 8.62. The van der Waals surface area contributed by atoms with Crippen LogP contribution in [0.25, 0.3) is 0 Å². The molecular formula is C28H34N2O. The van der Waals surface area contributed by atoms with E-state index in [9.17, 15) is 4.79 Å². The molecule has 1 saturated heterocycles. The second-order valence-electron chi connectivity index (χ2n) is 9.76. The van der Waals surface area contributed by atoms with Crippen LogP contribution >= 0.6 is 0 Å². The number of nitrogens with one attached hydrogen (secondary N) is 1. The number of carbonyl (C=O) groups is 1. The SMILES string of the molecule is Cc1cc(C)c(C2Nc3c(C(=O)N4CCCCCC4)cccc3C3C=CCC32)c(C)c1. The number of nitrogens with zero attached hydrogens (tertiary/aromatic N) is 1. The topological polar surface area (TPSA) is 32.3 Å². The van der Waals surface area contributed by atoms with Crippen LogP contribution in [-0.2, 0) is 0 Å². The van der Waals surface area contributed by atoms with Crippen LogP contribution in [0.1, 0.15) is 82.2 Å². The number of aryl methyl sites for hydroxylation is 3. The molecule has 3 atom stereocenters. The Balaban J connectivity index is 1.58. The Bertz CT molecular complexity index is 1010. The highest BCUT2D eigenvalue weighted by Crippen LogP contribution is 2.51. The first-order valence-electron chi connectivity index (χ1n) is 12.0. The monoisotopic (exact) mass is 414 g/mol. The van der Waals surface area contributed by atoms with E-state index in [4.69, 9.17) is 0 Å². The number of hydrogen-bond donors (Lipinski definition) is 1. The van der Waals surface area contributed by atoms with Gasteiger partial charge in [0.15, 0.2) is 0 Å². The standard InChI is InChI=1S/C28H34N2O/c1-18-16-19(2)25(20(3)17-18)27-23-12-8-10-21(23)22-11-9-13-24(26(22)29-27)28(31)30-14-6-4-5-7-15-30/h8-11,13,16-17,21,23,27,29H,4-7,12,14-15H2,1-3H3. The van der Waals surface area contributed by atoms with E-state index in [1.807, 2.05) is 6.07 Å². The molecule has 162 valence electrons. The van der Waals surface area contributed by atoms with Gasteiger partial charge in [0.25, 0.3) is 5.91 Å². The minimum Gasteiger partial charge on any atom is -0.377 e. The summed E-state index contributed by atoms with van der Waals surface area (Å²) in [6, 6.07) is 11.2. The molecule has 1 N–H and O–H groups in total. The smallest absolute Gasteiger partial charge is 0.255 e. The zero-order chi connectivity index (χ0) is 21.5. The van der Waals surface area contributed by atoms with Crippen LogP contribution < -0.4 is 5.32 Å². The Kier molecular flexibility index (Phi) is 5.37. The summed E-state index contributed by atoms with van der Waals surface area (Å²) in [6.07, 6.45) is 10.5. The Hall–Kier alpha value is -2.55. The van der Waals surface area contributed by atoms with Gasteiger partial charge in [-0.05, 0) is 74.3 Å². The molecule has 0 radical (unpaired) electrons. The van der Waals surface area contributed by atoms with Crippen LogP contribution in [-0.4, -0.2) is 23.9 Å². The summed E-state index contributed by atoms with van der Waals surface area (Å²) in [6.45, 7) is 8.41. The van der Waals surface area contributed by atoms with Gasteiger partial charge in [0.2, 0.25) is 0 Å². The number of amides is 1. The van der Waals surface area contributed by atoms with Crippen molar-refractivity contribution in [2.24, 2.45) is 5.92 Å². The fourth-order valence-electron chi connectivity index (χ4n) is 6.21. The van der Waals surface area contributed by atoms with Gasteiger partial charge < -0.3 is 10.2 Å². The molecule has 2 heterocycles. The number of anilines is 1. The number of rotatable bonds is 2. The quantitative estimate of drug-likeness (QED) is 0.572. The summed E-state index contributed by atoms with van der Waals surface area (Å²) in [4.78, 5) is 15.7. The second kappa shape index (κ2) is 8.18. The van der Waals surface area contributed by atoms with Gasteiger partial charge in [0.05, 0.1) is 17.3 Å². The van der Waals surface area contributed by atoms with Crippen LogP contribution in [0, 0.1) is 26.7 Å². The van der Waals surface area contributed by atoms with Crippen molar-refractivity contribution < 1.29 is 4.79 Å². The minimum absolute atomic E-state index is 0.197. The molecule has 5 rings (SSSR count). The molecule has 3 nitrogen and oxygen atoms in total. The fraction of sp³-hybridized carbons (Fsp3) is 0.464. The summed E-state index contributed by atoms with van der Waals surface area (Å²) >= 11 is 0. The molecule has 0 spiro atoms. The number of carbonyl (C=O) groups excluding carboxylic acids is 1. The van der Waals surface area contributed by atoms with Crippen LogP contribution in [0.4, 0.5) is 5.69 Å². The van der Waals surface area contributed by atoms with Crippen molar-refractivity contribution in [3.8, 4) is 0 Å². The Morgan fingerprint density at radius 2 is 1.71 bits per heavy atom. The van der Waals surface area contributed by atoms with E-state index in [2.05, 4.69) is 67.4 Å². The highest BCUT2D eigenvalue weighted by atomic mass is 16.2. The van der Waals surface area contributed by atoms with Crippen LogP contribution in [0.2, 0.25) is 0 Å². The number of hydrogen-bond acceptors (Lipinski definition) is 2. The van der Waals surface area contributed by atoms with Crippen molar-refractivity contribution in [1.29, 1.82) is 0 Å². The Morgan fingerprint density at radius 1 is 1.00 bits per heavy atom. The van der Waals surface area contributed by atoms with Crippen molar-refractivity contribution in [3.05, 3.63) is 75.9 Å². The minimum atomic E-state index is 0.197. The number of para-hydroxylation sites is 1. The average Bonchev–Trinajstić information content (AvgIpc) is 3.08. The third-order valence-electron chi connectivity index (χ3n) is 7.57. The maximum atomic E-state index is 13.6. The number of allylic oxidation sites excluding steroid dienone is 2. The number of fused-ring (bicyclic) bond motifs is 3. The molecule has 2 aromatic rings. The lowest BCUT2D eigenvalue weighted by atomic mass is 9.74. The zero-order valence-electron chi connectivity index (χ0n) is 19.1. The van der Waals surface area contributed by atoms with E-state index < -0.39 is 0 Å². The fourth-order valence-corrected chi connectivity index (χ4v) is 6.21. The van der Waals surface area contributed by atoms with Crippen LogP contribution in [0.3, 0.4) is 0 Å². The summed E-state index contributed by atoms with van der Waals surface area (Å²) < 4.78 is 0. The first kappa shape index (κ1) is 20.4. The van der Waals surface area contributed by atoms with E-state index >= 15 is 0 Å². The molecule has 31 heavy (non-hydrogen) atoms. The first-order chi connectivity index (χ1) is 15.0. The van der Waals surface area contributed by atoms with Gasteiger partial charge in [-0.25, -0.2) is 0 Å². The van der Waals surface area contributed by atoms with Gasteiger partial charge in [-0.3, -0.25) is 4.79 Å². The predicted octanol–water partition coefficient (Wildman–Crippen LogP) is 6.45. The van der Waals surface area contributed by atoms with Crippen molar-refractivity contribution in [2.75, 3.05) is 18.4 Å². The lowest BCUT2D eigenvalue weighted by molar-refractivity contribution is 0.0762. The second-order valence-corrected chi connectivity index (χ2v) is 9.76. The summed E-state index contributed by atoms with van der Waals surface area (Å²) in [5.74, 6) is 1.07. The van der Waals surface area contributed by atoms with Gasteiger partial charge in [-0.2, -0.15) is 0 Å². The lowest BCUT2D eigenvalue weighted by Gasteiger charge is -2.40. The van der Waals surface area contributed by atoms with Gasteiger partial charge in [0.1, 0.15) is 0 Å². The largest absolute Gasteiger partial charge is 0.377 e. The van der Waals surface area contributed by atoms with Crippen LogP contribution in [0.5, 0.6) is 0 Å². The third-order valence-corrected chi connectivity index (χ3v) is 7.57. The molecule has 2 aliphatic heterocycles. The normalized spacial score (nSPS) is 24.9. The van der Waals surface area contributed by atoms with Gasteiger partial charge in [-0.15, -0.1) is 0 Å². The molecule has 3 heteroatoms. The van der Waals surface area contributed by atoms with Crippen LogP contribution in [0.15, 0.2) is 42.5 Å². The van der Waals surface area contributed by atoms with Crippen molar-refractivity contribution in [2.45, 2.75) is 64.8 Å². The maximum Gasteiger partial charge on any atom is 0.255 e. The number of likely N-dealkylation sites (tertiary alicyclic amines) is 1. The first-order valence-corrected chi connectivity index (χ1v) is 12.0. The summed E-state index contributed by atoms with van der Waals surface area (Å²) in [5, 5.41) is 3.90. The molecule has 1 aliphatic carbocycles.